The third-order valence-corrected chi connectivity index (χ3v) is 16.0. The molecule has 0 aliphatic heterocycles. The number of esters is 3. The Morgan fingerprint density at radius 3 is 0.790 bits per heavy atom. The fourth-order valence-electron chi connectivity index (χ4n) is 10.7. The maximum atomic E-state index is 12.9. The van der Waals surface area contributed by atoms with Crippen LogP contribution in [0.3, 0.4) is 0 Å². The predicted octanol–water partition coefficient (Wildman–Crippen LogP) is 24.7. The number of unbranched alkanes of at least 4 members (excludes halogenated alkanes) is 45. The molecule has 0 heterocycles. The van der Waals surface area contributed by atoms with Crippen molar-refractivity contribution < 1.29 is 28.6 Å². The number of hydrogen-bond acceptors (Lipinski definition) is 6. The molecular formula is C75H136O6. The molecule has 0 amide bonds. The Bertz CT molecular complexity index is 1440. The smallest absolute Gasteiger partial charge is 0.306 e. The van der Waals surface area contributed by atoms with Crippen molar-refractivity contribution in [2.24, 2.45) is 0 Å². The average molecular weight is 1130 g/mol. The van der Waals surface area contributed by atoms with Gasteiger partial charge in [0, 0.05) is 19.3 Å². The van der Waals surface area contributed by atoms with Gasteiger partial charge in [-0.1, -0.05) is 338 Å². The molecule has 0 aromatic heterocycles. The molecule has 1 unspecified atom stereocenters. The summed E-state index contributed by atoms with van der Waals surface area (Å²) in [6, 6.07) is 0. The average Bonchev–Trinajstić information content (AvgIpc) is 3.47. The summed E-state index contributed by atoms with van der Waals surface area (Å²) >= 11 is 0. The van der Waals surface area contributed by atoms with Crippen molar-refractivity contribution in [3.05, 3.63) is 60.8 Å². The lowest BCUT2D eigenvalue weighted by molar-refractivity contribution is -0.167. The molecule has 0 rings (SSSR count). The van der Waals surface area contributed by atoms with E-state index in [1.54, 1.807) is 0 Å². The van der Waals surface area contributed by atoms with E-state index in [1.807, 2.05) is 0 Å². The van der Waals surface area contributed by atoms with E-state index in [1.165, 1.54) is 238 Å². The zero-order chi connectivity index (χ0) is 58.5. The topological polar surface area (TPSA) is 78.9 Å². The number of hydrogen-bond donors (Lipinski definition) is 0. The quantitative estimate of drug-likeness (QED) is 0.0261. The predicted molar refractivity (Wildman–Crippen MR) is 353 cm³/mol. The summed E-state index contributed by atoms with van der Waals surface area (Å²) in [5, 5.41) is 0. The fourth-order valence-corrected chi connectivity index (χ4v) is 10.7. The van der Waals surface area contributed by atoms with Crippen LogP contribution >= 0.6 is 0 Å². The maximum absolute atomic E-state index is 12.9. The molecule has 0 radical (unpaired) electrons. The molecule has 0 aromatic carbocycles. The molecule has 81 heavy (non-hydrogen) atoms. The zero-order valence-corrected chi connectivity index (χ0v) is 54.3. The molecule has 0 aliphatic rings. The second-order valence-electron chi connectivity index (χ2n) is 24.1. The number of allylic oxidation sites excluding steroid dienone is 10. The molecule has 1 atom stereocenters. The normalized spacial score (nSPS) is 12.4. The van der Waals surface area contributed by atoms with Gasteiger partial charge in [0.1, 0.15) is 13.2 Å². The number of carbonyl (C=O) groups is 3. The lowest BCUT2D eigenvalue weighted by atomic mass is 10.0. The van der Waals surface area contributed by atoms with Crippen molar-refractivity contribution in [1.82, 2.24) is 0 Å². The molecule has 472 valence electrons. The first kappa shape index (κ1) is 78.1. The minimum Gasteiger partial charge on any atom is -0.462 e. The Labute approximate surface area is 504 Å². The maximum Gasteiger partial charge on any atom is 0.306 e. The van der Waals surface area contributed by atoms with Crippen LogP contribution in [0.2, 0.25) is 0 Å². The molecule has 6 heteroatoms. The summed E-state index contributed by atoms with van der Waals surface area (Å²) in [6.07, 6.45) is 89.9. The van der Waals surface area contributed by atoms with E-state index >= 15 is 0 Å². The van der Waals surface area contributed by atoms with Crippen molar-refractivity contribution >= 4 is 17.9 Å². The molecule has 0 aromatic rings. The van der Waals surface area contributed by atoms with Crippen LogP contribution in [-0.4, -0.2) is 37.2 Å². The van der Waals surface area contributed by atoms with Gasteiger partial charge >= 0.3 is 17.9 Å². The van der Waals surface area contributed by atoms with Crippen LogP contribution in [-0.2, 0) is 28.6 Å². The Morgan fingerprint density at radius 1 is 0.259 bits per heavy atom. The summed E-state index contributed by atoms with van der Waals surface area (Å²) in [5.74, 6) is -0.883. The Morgan fingerprint density at radius 2 is 0.481 bits per heavy atom. The van der Waals surface area contributed by atoms with Crippen LogP contribution in [0.25, 0.3) is 0 Å². The molecular weight excluding hydrogens is 997 g/mol. The summed E-state index contributed by atoms with van der Waals surface area (Å²) < 4.78 is 16.9. The van der Waals surface area contributed by atoms with Crippen LogP contribution in [0.15, 0.2) is 60.8 Å². The van der Waals surface area contributed by atoms with Crippen molar-refractivity contribution in [1.29, 1.82) is 0 Å². The first-order valence-corrected chi connectivity index (χ1v) is 35.8. The van der Waals surface area contributed by atoms with Gasteiger partial charge in [-0.25, -0.2) is 0 Å². The Balaban J connectivity index is 4.13. The molecule has 6 nitrogen and oxygen atoms in total. The largest absolute Gasteiger partial charge is 0.462 e. The summed E-state index contributed by atoms with van der Waals surface area (Å²) in [5.41, 5.74) is 0. The highest BCUT2D eigenvalue weighted by Gasteiger charge is 2.19. The van der Waals surface area contributed by atoms with Gasteiger partial charge in [0.25, 0.3) is 0 Å². The fraction of sp³-hybridized carbons (Fsp3) is 0.827. The van der Waals surface area contributed by atoms with Crippen LogP contribution < -0.4 is 0 Å². The van der Waals surface area contributed by atoms with Gasteiger partial charge in [-0.2, -0.15) is 0 Å². The molecule has 0 aliphatic carbocycles. The highest BCUT2D eigenvalue weighted by Crippen LogP contribution is 2.19. The van der Waals surface area contributed by atoms with Gasteiger partial charge < -0.3 is 14.2 Å². The van der Waals surface area contributed by atoms with Crippen molar-refractivity contribution in [3.63, 3.8) is 0 Å². The standard InChI is InChI=1S/C75H136O6/c1-4-7-10-13-16-19-22-25-27-29-31-32-33-34-35-36-37-38-39-40-41-42-43-45-46-48-50-53-56-59-62-65-68-74(77)80-71-72(70-79-73(76)67-64-61-58-55-52-24-21-18-15-12-9-6-3)81-75(78)69-66-63-60-57-54-51-49-47-44-30-28-26-23-20-17-14-11-8-5-2/h8,11,17-18,20-21,26,28,44,47,72H,4-7,9-10,12-16,19,22-25,27,29-43,45-46,48-71H2,1-3H3/b11-8-,20-17-,21-18-,28-26-,47-44-. The monoisotopic (exact) mass is 1130 g/mol. The Kier molecular flexibility index (Phi) is 67.1. The summed E-state index contributed by atoms with van der Waals surface area (Å²) in [4.78, 5) is 38.4. The SMILES string of the molecule is CC/C=C\C/C=C\C/C=C\C/C=C\CCCCCCCCC(=O)OC(COC(=O)CCCCCCC/C=C\CCCCC)COC(=O)CCCCCCCCCCCCCCCCCCCCCCCCCCCCCCCCCC. The van der Waals surface area contributed by atoms with E-state index in [9.17, 15) is 14.4 Å². The van der Waals surface area contributed by atoms with E-state index in [0.29, 0.717) is 19.3 Å². The molecule has 0 spiro atoms. The highest BCUT2D eigenvalue weighted by atomic mass is 16.6. The lowest BCUT2D eigenvalue weighted by Crippen LogP contribution is -2.30. The van der Waals surface area contributed by atoms with Gasteiger partial charge in [-0.05, 0) is 83.5 Å². The number of carbonyl (C=O) groups excluding carboxylic acids is 3. The van der Waals surface area contributed by atoms with Gasteiger partial charge in [-0.15, -0.1) is 0 Å². The second-order valence-corrected chi connectivity index (χ2v) is 24.1. The van der Waals surface area contributed by atoms with Crippen LogP contribution in [0.5, 0.6) is 0 Å². The van der Waals surface area contributed by atoms with E-state index < -0.39 is 6.10 Å². The van der Waals surface area contributed by atoms with Crippen molar-refractivity contribution in [3.8, 4) is 0 Å². The molecule has 0 bridgehead atoms. The van der Waals surface area contributed by atoms with Gasteiger partial charge in [0.15, 0.2) is 6.10 Å². The molecule has 0 saturated carbocycles. The second kappa shape index (κ2) is 69.6. The Hall–Kier alpha value is -2.89. The van der Waals surface area contributed by atoms with E-state index in [0.717, 1.165) is 103 Å². The third-order valence-electron chi connectivity index (χ3n) is 16.0. The van der Waals surface area contributed by atoms with Gasteiger partial charge in [-0.3, -0.25) is 14.4 Å². The minimum absolute atomic E-state index is 0.0796. The van der Waals surface area contributed by atoms with Gasteiger partial charge in [0.2, 0.25) is 0 Å². The molecule has 0 saturated heterocycles. The van der Waals surface area contributed by atoms with Gasteiger partial charge in [0.05, 0.1) is 0 Å². The van der Waals surface area contributed by atoms with Crippen LogP contribution in [0.1, 0.15) is 380 Å². The first-order chi connectivity index (χ1) is 40.0. The number of ether oxygens (including phenoxy) is 3. The first-order valence-electron chi connectivity index (χ1n) is 35.8. The zero-order valence-electron chi connectivity index (χ0n) is 54.3. The van der Waals surface area contributed by atoms with Crippen molar-refractivity contribution in [2.75, 3.05) is 13.2 Å². The summed E-state index contributed by atoms with van der Waals surface area (Å²) in [7, 11) is 0. The molecule has 0 N–H and O–H groups in total. The van der Waals surface area contributed by atoms with Crippen LogP contribution in [0, 0.1) is 0 Å². The number of rotatable bonds is 66. The van der Waals surface area contributed by atoms with Crippen molar-refractivity contribution in [2.45, 2.75) is 386 Å². The van der Waals surface area contributed by atoms with E-state index in [2.05, 4.69) is 81.5 Å². The van der Waals surface area contributed by atoms with Crippen LogP contribution in [0.4, 0.5) is 0 Å². The summed E-state index contributed by atoms with van der Waals surface area (Å²) in [6.45, 7) is 6.54. The third kappa shape index (κ3) is 67.8. The van der Waals surface area contributed by atoms with E-state index in [4.69, 9.17) is 14.2 Å². The highest BCUT2D eigenvalue weighted by molar-refractivity contribution is 5.71. The minimum atomic E-state index is -0.785. The lowest BCUT2D eigenvalue weighted by Gasteiger charge is -2.18. The molecule has 0 fully saturated rings. The van der Waals surface area contributed by atoms with E-state index in [-0.39, 0.29) is 31.1 Å².